The lowest BCUT2D eigenvalue weighted by Gasteiger charge is -2.45. The quantitative estimate of drug-likeness (QED) is 0.321. The van der Waals surface area contributed by atoms with Crippen molar-refractivity contribution in [3.05, 3.63) is 48.1 Å². The van der Waals surface area contributed by atoms with E-state index in [1.807, 2.05) is 6.92 Å². The summed E-state index contributed by atoms with van der Waals surface area (Å²) in [6.07, 6.45) is 2.78. The average Bonchev–Trinajstić information content (AvgIpc) is 3.04. The van der Waals surface area contributed by atoms with Crippen molar-refractivity contribution in [3.8, 4) is 11.5 Å². The molecule has 1 aromatic rings. The van der Waals surface area contributed by atoms with E-state index in [1.54, 1.807) is 39.0 Å². The van der Waals surface area contributed by atoms with Gasteiger partial charge in [-0.2, -0.15) is 0 Å². The summed E-state index contributed by atoms with van der Waals surface area (Å²) in [7, 11) is 1.49. The second-order valence-corrected chi connectivity index (χ2v) is 9.04. The Morgan fingerprint density at radius 2 is 2.03 bits per heavy atom. The van der Waals surface area contributed by atoms with Gasteiger partial charge in [0.05, 0.1) is 12.7 Å². The summed E-state index contributed by atoms with van der Waals surface area (Å²) in [6.45, 7) is 11.0. The monoisotopic (exact) mass is 426 g/mol. The number of allylic oxidation sites excluding steroid dienone is 2. The summed E-state index contributed by atoms with van der Waals surface area (Å²) in [6, 6.07) is 4.75. The van der Waals surface area contributed by atoms with Gasteiger partial charge in [0.2, 0.25) is 0 Å². The minimum absolute atomic E-state index is 0.153. The smallest absolute Gasteiger partial charge is 0.326 e. The fourth-order valence-corrected chi connectivity index (χ4v) is 5.25. The van der Waals surface area contributed by atoms with Crippen LogP contribution in [0.3, 0.4) is 0 Å². The number of ketones is 2. The minimum Gasteiger partial charge on any atom is -0.497 e. The Morgan fingerprint density at radius 1 is 1.35 bits per heavy atom. The van der Waals surface area contributed by atoms with Crippen LogP contribution in [-0.2, 0) is 9.59 Å². The van der Waals surface area contributed by atoms with Crippen LogP contribution in [0.5, 0.6) is 11.5 Å². The summed E-state index contributed by atoms with van der Waals surface area (Å²) in [5.74, 6) is -2.21. The van der Waals surface area contributed by atoms with E-state index in [-0.39, 0.29) is 17.1 Å². The van der Waals surface area contributed by atoms with Gasteiger partial charge in [-0.05, 0) is 44.7 Å². The molecule has 166 valence electrons. The number of carbonyl (C=O) groups is 3. The Kier molecular flexibility index (Phi) is 5.98. The molecule has 0 unspecified atom stereocenters. The SMILES string of the molecule is C=C[C@]1(C)CC[C@H]([C@@H](C)C(=O)[C@H](O)C=C(C)C)[C@]12C(=O)Oc1cc(OC)ccc1C2=O. The highest BCUT2D eigenvalue weighted by atomic mass is 16.5. The lowest BCUT2D eigenvalue weighted by Crippen LogP contribution is -2.58. The van der Waals surface area contributed by atoms with Crippen molar-refractivity contribution in [3.63, 3.8) is 0 Å². The average molecular weight is 427 g/mol. The van der Waals surface area contributed by atoms with Crippen LogP contribution in [0.15, 0.2) is 42.5 Å². The number of ether oxygens (including phenoxy) is 2. The van der Waals surface area contributed by atoms with E-state index in [0.29, 0.717) is 18.6 Å². The second-order valence-electron chi connectivity index (χ2n) is 9.04. The molecule has 1 N–H and O–H groups in total. The third-order valence-corrected chi connectivity index (χ3v) is 7.03. The molecule has 2 aliphatic rings. The van der Waals surface area contributed by atoms with Crippen molar-refractivity contribution in [2.75, 3.05) is 7.11 Å². The lowest BCUT2D eigenvalue weighted by molar-refractivity contribution is -0.152. The van der Waals surface area contributed by atoms with Gasteiger partial charge in [-0.3, -0.25) is 14.4 Å². The van der Waals surface area contributed by atoms with E-state index in [1.165, 1.54) is 19.3 Å². The molecule has 0 saturated heterocycles. The summed E-state index contributed by atoms with van der Waals surface area (Å²) in [5.41, 5.74) is -1.39. The molecule has 1 aliphatic heterocycles. The van der Waals surface area contributed by atoms with Gasteiger partial charge in [0, 0.05) is 17.4 Å². The van der Waals surface area contributed by atoms with Gasteiger partial charge in [-0.1, -0.05) is 31.6 Å². The molecule has 0 bridgehead atoms. The predicted molar refractivity (Wildman–Crippen MR) is 116 cm³/mol. The summed E-state index contributed by atoms with van der Waals surface area (Å²) in [5, 5.41) is 10.4. The van der Waals surface area contributed by atoms with E-state index in [9.17, 15) is 19.5 Å². The van der Waals surface area contributed by atoms with Crippen LogP contribution in [-0.4, -0.2) is 35.9 Å². The van der Waals surface area contributed by atoms with Crippen molar-refractivity contribution >= 4 is 17.5 Å². The molecule has 1 aliphatic carbocycles. The summed E-state index contributed by atoms with van der Waals surface area (Å²) in [4.78, 5) is 40.5. The molecular formula is C25H30O6. The second kappa shape index (κ2) is 8.08. The number of methoxy groups -OCH3 is 1. The predicted octanol–water partition coefficient (Wildman–Crippen LogP) is 3.92. The highest BCUT2D eigenvalue weighted by molar-refractivity contribution is 6.18. The van der Waals surface area contributed by atoms with E-state index >= 15 is 0 Å². The van der Waals surface area contributed by atoms with Gasteiger partial charge >= 0.3 is 5.97 Å². The molecule has 31 heavy (non-hydrogen) atoms. The van der Waals surface area contributed by atoms with Crippen molar-refractivity contribution in [1.82, 2.24) is 0 Å². The number of hydrogen-bond acceptors (Lipinski definition) is 6. The number of hydrogen-bond donors (Lipinski definition) is 1. The largest absolute Gasteiger partial charge is 0.497 e. The zero-order valence-electron chi connectivity index (χ0n) is 18.7. The van der Waals surface area contributed by atoms with Crippen LogP contribution in [0.1, 0.15) is 50.9 Å². The van der Waals surface area contributed by atoms with E-state index in [0.717, 1.165) is 5.57 Å². The Labute approximate surface area is 182 Å². The van der Waals surface area contributed by atoms with Crippen molar-refractivity contribution in [1.29, 1.82) is 0 Å². The molecule has 1 fully saturated rings. The van der Waals surface area contributed by atoms with Crippen molar-refractivity contribution in [2.45, 2.75) is 46.6 Å². The van der Waals surface area contributed by atoms with E-state index < -0.39 is 40.5 Å². The van der Waals surface area contributed by atoms with Gasteiger partial charge in [-0.15, -0.1) is 6.58 Å². The van der Waals surface area contributed by atoms with Crippen molar-refractivity contribution in [2.24, 2.45) is 22.7 Å². The fourth-order valence-electron chi connectivity index (χ4n) is 5.25. The molecule has 1 saturated carbocycles. The molecule has 1 spiro atoms. The Morgan fingerprint density at radius 3 is 2.61 bits per heavy atom. The molecule has 0 aromatic heterocycles. The maximum atomic E-state index is 13.9. The lowest BCUT2D eigenvalue weighted by atomic mass is 9.56. The van der Waals surface area contributed by atoms with Crippen molar-refractivity contribution < 1.29 is 29.0 Å². The Balaban J connectivity index is 2.14. The molecule has 6 heteroatoms. The molecule has 1 aromatic carbocycles. The first-order chi connectivity index (χ1) is 14.5. The molecular weight excluding hydrogens is 396 g/mol. The maximum Gasteiger partial charge on any atom is 0.326 e. The van der Waals surface area contributed by atoms with Gasteiger partial charge in [-0.25, -0.2) is 0 Å². The molecule has 6 nitrogen and oxygen atoms in total. The topological polar surface area (TPSA) is 89.9 Å². The zero-order valence-corrected chi connectivity index (χ0v) is 18.7. The molecule has 0 amide bonds. The maximum absolute atomic E-state index is 13.9. The summed E-state index contributed by atoms with van der Waals surface area (Å²) >= 11 is 0. The first-order valence-electron chi connectivity index (χ1n) is 10.5. The number of aliphatic hydroxyl groups is 1. The normalized spacial score (nSPS) is 29.0. The van der Waals surface area contributed by atoms with Crippen LogP contribution in [0.2, 0.25) is 0 Å². The van der Waals surface area contributed by atoms with Crippen LogP contribution < -0.4 is 9.47 Å². The first kappa shape index (κ1) is 22.9. The minimum atomic E-state index is -1.59. The Hall–Kier alpha value is -2.73. The number of benzene rings is 1. The molecule has 5 atom stereocenters. The first-order valence-corrected chi connectivity index (χ1v) is 10.5. The third-order valence-electron chi connectivity index (χ3n) is 7.03. The number of rotatable bonds is 6. The Bertz CT molecular complexity index is 972. The highest BCUT2D eigenvalue weighted by Crippen LogP contribution is 2.63. The van der Waals surface area contributed by atoms with Crippen LogP contribution in [0, 0.1) is 22.7 Å². The van der Waals surface area contributed by atoms with E-state index in [2.05, 4.69) is 6.58 Å². The van der Waals surface area contributed by atoms with Gasteiger partial charge in [0.1, 0.15) is 23.0 Å². The summed E-state index contributed by atoms with van der Waals surface area (Å²) < 4.78 is 10.9. The molecule has 0 radical (unpaired) electrons. The van der Waals surface area contributed by atoms with Crippen LogP contribution in [0.4, 0.5) is 0 Å². The third kappa shape index (κ3) is 3.33. The number of aliphatic hydroxyl groups excluding tert-OH is 1. The number of carbonyl (C=O) groups excluding carboxylic acids is 3. The van der Waals surface area contributed by atoms with E-state index in [4.69, 9.17) is 9.47 Å². The highest BCUT2D eigenvalue weighted by Gasteiger charge is 2.69. The number of esters is 1. The van der Waals surface area contributed by atoms with Gasteiger partial charge < -0.3 is 14.6 Å². The van der Waals surface area contributed by atoms with Gasteiger partial charge in [0.15, 0.2) is 11.6 Å². The molecule has 3 rings (SSSR count). The van der Waals surface area contributed by atoms with Crippen LogP contribution in [0.25, 0.3) is 0 Å². The molecule has 1 heterocycles. The van der Waals surface area contributed by atoms with Crippen LogP contribution >= 0.6 is 0 Å². The van der Waals surface area contributed by atoms with Gasteiger partial charge in [0.25, 0.3) is 0 Å². The fraction of sp³-hybridized carbons (Fsp3) is 0.480. The number of Topliss-reactive ketones (excluding diaryl/α,β-unsaturated/α-hetero) is 2. The number of fused-ring (bicyclic) bond motifs is 1. The standard InChI is InChI=1S/C25H30O6/c1-7-24(5)11-10-18(15(4)21(27)19(26)12-14(2)3)25(24)22(28)17-9-8-16(30-6)13-20(17)31-23(25)29/h7-9,12-13,15,18-19,26H,1,10-11H2,2-6H3/t15-,18-,19-,24-,25+/m1/s1. The zero-order chi connectivity index (χ0) is 23.1.